The Labute approximate surface area is 157 Å². The van der Waals surface area contributed by atoms with Gasteiger partial charge in [-0.3, -0.25) is 4.79 Å². The van der Waals surface area contributed by atoms with Crippen LogP contribution in [0.15, 0.2) is 53.6 Å². The second kappa shape index (κ2) is 8.89. The number of amides is 1. The molecule has 0 aliphatic carbocycles. The Bertz CT molecular complexity index is 898. The van der Waals surface area contributed by atoms with Gasteiger partial charge in [-0.1, -0.05) is 30.3 Å². The molecule has 0 aliphatic rings. The number of carbonyl (C=O) groups excluding carboxylic acids is 2. The number of benzene rings is 2. The average Bonchev–Trinajstić information content (AvgIpc) is 2.65. The molecule has 0 radical (unpaired) electrons. The minimum Gasteiger partial charge on any atom is -0.460 e. The molecule has 10 heteroatoms. The molecule has 0 aliphatic heterocycles. The van der Waals surface area contributed by atoms with Crippen LogP contribution in [-0.2, 0) is 9.53 Å². The van der Waals surface area contributed by atoms with Gasteiger partial charge in [0.15, 0.2) is 0 Å². The molecule has 2 rings (SSSR count). The third kappa shape index (κ3) is 5.73. The summed E-state index contributed by atoms with van der Waals surface area (Å²) in [5.41, 5.74) is 7.99. The second-order valence-corrected chi connectivity index (χ2v) is 5.28. The normalized spacial score (nSPS) is 11.6. The molecule has 0 fully saturated rings. The van der Waals surface area contributed by atoms with E-state index in [1.54, 1.807) is 6.92 Å². The van der Waals surface area contributed by atoms with E-state index in [-0.39, 0.29) is 17.7 Å². The van der Waals surface area contributed by atoms with Crippen molar-refractivity contribution in [2.75, 3.05) is 6.61 Å². The van der Waals surface area contributed by atoms with E-state index < -0.39 is 29.8 Å². The Hall–Kier alpha value is -3.56. The van der Waals surface area contributed by atoms with Crippen LogP contribution < -0.4 is 15.9 Å². The van der Waals surface area contributed by atoms with E-state index in [0.717, 1.165) is 0 Å². The van der Waals surface area contributed by atoms with E-state index in [1.165, 1.54) is 48.5 Å². The third-order valence-electron chi connectivity index (χ3n) is 3.31. The van der Waals surface area contributed by atoms with Crippen LogP contribution in [0.4, 0.5) is 13.2 Å². The zero-order chi connectivity index (χ0) is 20.7. The summed E-state index contributed by atoms with van der Waals surface area (Å²) >= 11 is 0. The van der Waals surface area contributed by atoms with Gasteiger partial charge >= 0.3 is 12.3 Å². The van der Waals surface area contributed by atoms with Gasteiger partial charge in [-0.15, -0.1) is 18.3 Å². The Morgan fingerprint density at radius 1 is 1.14 bits per heavy atom. The van der Waals surface area contributed by atoms with Crippen LogP contribution in [0, 0.1) is 0 Å². The molecule has 0 bridgehead atoms. The fraction of sp³-hybridized carbons (Fsp3) is 0.167. The summed E-state index contributed by atoms with van der Waals surface area (Å²) < 4.78 is 46.4. The molecule has 7 nitrogen and oxygen atoms in total. The molecule has 2 aromatic rings. The van der Waals surface area contributed by atoms with Gasteiger partial charge in [0.05, 0.1) is 6.61 Å². The topological polar surface area (TPSA) is 103 Å². The second-order valence-electron chi connectivity index (χ2n) is 5.28. The highest BCUT2D eigenvalue weighted by Gasteiger charge is 2.32. The first-order valence-corrected chi connectivity index (χ1v) is 7.97. The van der Waals surface area contributed by atoms with Crippen molar-refractivity contribution >= 4 is 17.7 Å². The highest BCUT2D eigenvalue weighted by molar-refractivity contribution is 6.34. The number of hydrogen-bond donors (Lipinski definition) is 2. The predicted octanol–water partition coefficient (Wildman–Crippen LogP) is 2.82. The summed E-state index contributed by atoms with van der Waals surface area (Å²) in [4.78, 5) is 23.5. The van der Waals surface area contributed by atoms with E-state index in [0.29, 0.717) is 5.56 Å². The number of hydrogen-bond acceptors (Lipinski definition) is 5. The molecule has 2 aromatic carbocycles. The van der Waals surface area contributed by atoms with Crippen LogP contribution >= 0.6 is 0 Å². The van der Waals surface area contributed by atoms with Crippen LogP contribution in [0.25, 0.3) is 11.1 Å². The minimum absolute atomic E-state index is 0.0831. The molecule has 0 aromatic heterocycles. The number of nitrogens with one attached hydrogen (secondary N) is 1. The smallest absolute Gasteiger partial charge is 0.460 e. The zero-order valence-electron chi connectivity index (χ0n) is 14.6. The van der Waals surface area contributed by atoms with Crippen molar-refractivity contribution in [1.82, 2.24) is 5.43 Å². The molecule has 0 atom stereocenters. The molecule has 0 spiro atoms. The number of ether oxygens (including phenoxy) is 2. The number of nitrogens with two attached hydrogens (primary N) is 1. The number of rotatable bonds is 5. The summed E-state index contributed by atoms with van der Waals surface area (Å²) in [6, 6.07) is 11.3. The summed E-state index contributed by atoms with van der Waals surface area (Å²) in [5, 5.41) is 3.43. The van der Waals surface area contributed by atoms with Crippen molar-refractivity contribution in [2.45, 2.75) is 13.3 Å². The standard InChI is InChI=1S/C18H16F3N3O4/c1-2-27-17(26)15(22)23-24-16(25)12-7-5-6-11(10-12)13-8-3-4-9-14(13)28-18(19,20)21/h3-10H,2H2,1H3,(H2,22,23)(H,24,25). The average molecular weight is 395 g/mol. The van der Waals surface area contributed by atoms with Crippen molar-refractivity contribution in [3.05, 3.63) is 54.1 Å². The molecule has 1 amide bonds. The van der Waals surface area contributed by atoms with E-state index in [1.807, 2.05) is 0 Å². The van der Waals surface area contributed by atoms with Crippen LogP contribution in [0.5, 0.6) is 5.75 Å². The number of para-hydroxylation sites is 1. The number of alkyl halides is 3. The largest absolute Gasteiger partial charge is 0.573 e. The minimum atomic E-state index is -4.86. The highest BCUT2D eigenvalue weighted by Crippen LogP contribution is 2.33. The van der Waals surface area contributed by atoms with Crippen molar-refractivity contribution in [2.24, 2.45) is 10.8 Å². The molecular formula is C18H16F3N3O4. The molecule has 0 saturated carbocycles. The zero-order valence-corrected chi connectivity index (χ0v) is 14.6. The fourth-order valence-corrected chi connectivity index (χ4v) is 2.17. The van der Waals surface area contributed by atoms with Gasteiger partial charge in [0, 0.05) is 11.1 Å². The van der Waals surface area contributed by atoms with E-state index >= 15 is 0 Å². The number of halogens is 3. The van der Waals surface area contributed by atoms with Crippen molar-refractivity contribution in [1.29, 1.82) is 0 Å². The molecule has 0 unspecified atom stereocenters. The predicted molar refractivity (Wildman–Crippen MR) is 94.3 cm³/mol. The third-order valence-corrected chi connectivity index (χ3v) is 3.31. The van der Waals surface area contributed by atoms with Crippen molar-refractivity contribution in [3.8, 4) is 16.9 Å². The van der Waals surface area contributed by atoms with Crippen LogP contribution in [0.2, 0.25) is 0 Å². The monoisotopic (exact) mass is 395 g/mol. The van der Waals surface area contributed by atoms with Crippen LogP contribution in [0.1, 0.15) is 17.3 Å². The number of hydrazone groups is 1. The first-order valence-electron chi connectivity index (χ1n) is 7.97. The maximum atomic E-state index is 12.6. The molecule has 148 valence electrons. The Morgan fingerprint density at radius 3 is 2.54 bits per heavy atom. The summed E-state index contributed by atoms with van der Waals surface area (Å²) in [5.74, 6) is -2.56. The van der Waals surface area contributed by atoms with Gasteiger partial charge in [0.1, 0.15) is 5.75 Å². The molecular weight excluding hydrogens is 379 g/mol. The van der Waals surface area contributed by atoms with Gasteiger partial charge < -0.3 is 15.2 Å². The first-order chi connectivity index (χ1) is 13.2. The van der Waals surface area contributed by atoms with E-state index in [9.17, 15) is 22.8 Å². The Morgan fingerprint density at radius 2 is 1.86 bits per heavy atom. The Kier molecular flexibility index (Phi) is 6.59. The van der Waals surface area contributed by atoms with Crippen LogP contribution in [0.3, 0.4) is 0 Å². The first kappa shape index (κ1) is 20.7. The molecule has 28 heavy (non-hydrogen) atoms. The van der Waals surface area contributed by atoms with Gasteiger partial charge in [0.25, 0.3) is 5.91 Å². The lowest BCUT2D eigenvalue weighted by Gasteiger charge is -2.13. The quantitative estimate of drug-likeness (QED) is 0.351. The maximum absolute atomic E-state index is 12.6. The van der Waals surface area contributed by atoms with E-state index in [2.05, 4.69) is 20.0 Å². The molecule has 3 N–H and O–H groups in total. The fourth-order valence-electron chi connectivity index (χ4n) is 2.17. The molecule has 0 heterocycles. The van der Waals surface area contributed by atoms with Crippen LogP contribution in [-0.4, -0.2) is 30.7 Å². The van der Waals surface area contributed by atoms with Gasteiger partial charge in [0.2, 0.25) is 5.84 Å². The van der Waals surface area contributed by atoms with Gasteiger partial charge in [-0.05, 0) is 30.7 Å². The van der Waals surface area contributed by atoms with Crippen molar-refractivity contribution in [3.63, 3.8) is 0 Å². The highest BCUT2D eigenvalue weighted by atomic mass is 19.4. The Balaban J connectivity index is 2.24. The van der Waals surface area contributed by atoms with Crippen molar-refractivity contribution < 1.29 is 32.2 Å². The number of carbonyl (C=O) groups is 2. The van der Waals surface area contributed by atoms with Gasteiger partial charge in [-0.2, -0.15) is 0 Å². The maximum Gasteiger partial charge on any atom is 0.573 e. The lowest BCUT2D eigenvalue weighted by atomic mass is 10.0. The number of nitrogens with zero attached hydrogens (tertiary/aromatic N) is 1. The van der Waals surface area contributed by atoms with E-state index in [4.69, 9.17) is 5.73 Å². The lowest BCUT2D eigenvalue weighted by molar-refractivity contribution is -0.274. The molecule has 0 saturated heterocycles. The lowest BCUT2D eigenvalue weighted by Crippen LogP contribution is -2.30. The SMILES string of the molecule is CCOC(=O)/C(N)=N/NC(=O)c1cccc(-c2ccccc2OC(F)(F)F)c1. The summed E-state index contributed by atoms with van der Waals surface area (Å²) in [7, 11) is 0. The summed E-state index contributed by atoms with van der Waals surface area (Å²) in [6.45, 7) is 1.67. The number of esters is 1. The number of amidine groups is 1. The summed E-state index contributed by atoms with van der Waals surface area (Å²) in [6.07, 6.45) is -4.86. The van der Waals surface area contributed by atoms with Gasteiger partial charge in [-0.25, -0.2) is 10.2 Å².